The van der Waals surface area contributed by atoms with Crippen molar-refractivity contribution in [3.8, 4) is 0 Å². The summed E-state index contributed by atoms with van der Waals surface area (Å²) >= 11 is 0. The van der Waals surface area contributed by atoms with E-state index in [-0.39, 0.29) is 51.0 Å². The minimum Gasteiger partial charge on any atom is -0.460 e. The Balaban J connectivity index is 1.00. The highest BCUT2D eigenvalue weighted by atomic mass is 16.8. The standard InChI is InChI=1S/C54H81N3O11/c1-9-11-13-25-53(26-14-12-10-2)66-44-40-31-54(49(62)55-28-24-42(59)56-37(33-58)20-22-43(60)65-50(3,4)5)46(48(61)63-40)57(68-47(54)45(44)67-53)32-35-17-15-34(16-18-35)29-36-19-21-41-52(8,64-41)27-23-39-38(36)30-51(39,6)7/h15-18,29,37-41,44-47,58H,9-14,19-28,30-33H2,1-8H3,(H,55,62)(H,56,59)/t37-,38+,39+,40+,41?,44-,45-,46-,47+,52+,54-/m0/s1. The summed E-state index contributed by atoms with van der Waals surface area (Å²) in [6, 6.07) is 6.71. The van der Waals surface area contributed by atoms with Crippen LogP contribution in [-0.2, 0) is 54.2 Å². The number of hydrogen-bond acceptors (Lipinski definition) is 12. The van der Waals surface area contributed by atoms with Gasteiger partial charge in [0, 0.05) is 38.6 Å². The van der Waals surface area contributed by atoms with E-state index in [2.05, 4.69) is 75.6 Å². The van der Waals surface area contributed by atoms with E-state index in [9.17, 15) is 24.3 Å². The number of esters is 2. The SMILES string of the molecule is CCCCCC1(CCCCC)O[C@@H]2[C@H](O1)[C@H]1ON(Cc3ccc(C=C4CCC5O[C@]5(C)CC[C@@H]5[C@@H]4CC5(C)C)cc3)[C@H]3C(=O)O[C@@H]2C[C@@]13C(=O)NCCC(=O)N[C@H](CO)CCC(=O)OC(C)(C)C. The van der Waals surface area contributed by atoms with Crippen molar-refractivity contribution in [2.24, 2.45) is 22.7 Å². The van der Waals surface area contributed by atoms with Crippen molar-refractivity contribution < 1.29 is 52.8 Å². The van der Waals surface area contributed by atoms with Crippen LogP contribution in [0.2, 0.25) is 0 Å². The zero-order valence-electron chi connectivity index (χ0n) is 42.2. The predicted octanol–water partition coefficient (Wildman–Crippen LogP) is 8.01. The molecule has 4 aliphatic heterocycles. The predicted molar refractivity (Wildman–Crippen MR) is 255 cm³/mol. The topological polar surface area (TPSA) is 174 Å². The normalized spacial score (nSPS) is 34.2. The van der Waals surface area contributed by atoms with Gasteiger partial charge in [-0.2, -0.15) is 5.06 Å². The maximum Gasteiger partial charge on any atom is 0.327 e. The van der Waals surface area contributed by atoms with E-state index in [1.807, 2.05) is 0 Å². The first-order valence-electron chi connectivity index (χ1n) is 26.2. The number of amides is 2. The zero-order chi connectivity index (χ0) is 48.6. The van der Waals surface area contributed by atoms with Crippen LogP contribution < -0.4 is 10.6 Å². The largest absolute Gasteiger partial charge is 0.460 e. The van der Waals surface area contributed by atoms with E-state index < -0.39 is 77.1 Å². The maximum absolute atomic E-state index is 14.9. The Morgan fingerprint density at radius 1 is 0.941 bits per heavy atom. The Morgan fingerprint density at radius 3 is 2.31 bits per heavy atom. The molecule has 3 saturated carbocycles. The van der Waals surface area contributed by atoms with Crippen molar-refractivity contribution in [1.82, 2.24) is 15.7 Å². The number of rotatable bonds is 20. The Bertz CT molecular complexity index is 2010. The number of nitrogens with zero attached hydrogens (tertiary/aromatic N) is 1. The number of epoxide rings is 1. The van der Waals surface area contributed by atoms with Crippen LogP contribution in [0.15, 0.2) is 29.8 Å². The average Bonchev–Trinajstić information content (AvgIpc) is 3.55. The number of benzene rings is 1. The molecule has 2 bridgehead atoms. The molecule has 3 N–H and O–H groups in total. The van der Waals surface area contributed by atoms with E-state index in [1.54, 1.807) is 25.8 Å². The lowest BCUT2D eigenvalue weighted by molar-refractivity contribution is -0.224. The number of fused-ring (bicyclic) bond motifs is 6. The highest BCUT2D eigenvalue weighted by molar-refractivity contribution is 5.94. The molecule has 1 unspecified atom stereocenters. The molecule has 3 aliphatic carbocycles. The molecule has 14 nitrogen and oxygen atoms in total. The fourth-order valence-corrected chi connectivity index (χ4v) is 12.7. The first kappa shape index (κ1) is 51.0. The summed E-state index contributed by atoms with van der Waals surface area (Å²) < 4.78 is 31.8. The van der Waals surface area contributed by atoms with Crippen molar-refractivity contribution in [1.29, 1.82) is 0 Å². The number of ether oxygens (including phenoxy) is 5. The Kier molecular flexibility index (Phi) is 15.3. The van der Waals surface area contributed by atoms with Crippen molar-refractivity contribution in [3.05, 3.63) is 41.0 Å². The second kappa shape index (κ2) is 20.4. The van der Waals surface area contributed by atoms with Crippen LogP contribution in [0.3, 0.4) is 0 Å². The molecule has 0 radical (unpaired) electrons. The molecule has 7 aliphatic rings. The lowest BCUT2D eigenvalue weighted by atomic mass is 9.52. The Labute approximate surface area is 404 Å². The van der Waals surface area contributed by atoms with Gasteiger partial charge in [0.1, 0.15) is 35.4 Å². The molecule has 4 saturated heterocycles. The highest BCUT2D eigenvalue weighted by Crippen LogP contribution is 2.61. The summed E-state index contributed by atoms with van der Waals surface area (Å²) in [7, 11) is 0. The van der Waals surface area contributed by atoms with E-state index in [0.29, 0.717) is 36.2 Å². The summed E-state index contributed by atoms with van der Waals surface area (Å²) in [5.74, 6) is -1.42. The van der Waals surface area contributed by atoms with E-state index in [1.165, 1.54) is 18.4 Å². The lowest BCUT2D eigenvalue weighted by Crippen LogP contribution is -2.69. The molecular formula is C54H81N3O11. The molecule has 4 heterocycles. The molecule has 1 aromatic rings. The van der Waals surface area contributed by atoms with Crippen LogP contribution in [0.4, 0.5) is 0 Å². The number of allylic oxidation sites excluding steroid dienone is 1. The first-order chi connectivity index (χ1) is 32.3. The van der Waals surface area contributed by atoms with Crippen LogP contribution in [0.1, 0.15) is 176 Å². The number of carbonyl (C=O) groups is 4. The lowest BCUT2D eigenvalue weighted by Gasteiger charge is -2.53. The van der Waals surface area contributed by atoms with Gasteiger partial charge >= 0.3 is 11.9 Å². The second-order valence-corrected chi connectivity index (χ2v) is 23.2. The minimum atomic E-state index is -1.39. The number of carbonyl (C=O) groups excluding carboxylic acids is 4. The summed E-state index contributed by atoms with van der Waals surface area (Å²) in [6.07, 6.45) is 13.1. The third kappa shape index (κ3) is 10.8. The van der Waals surface area contributed by atoms with Crippen LogP contribution in [-0.4, -0.2) is 107 Å². The monoisotopic (exact) mass is 948 g/mol. The van der Waals surface area contributed by atoms with E-state index >= 15 is 0 Å². The molecule has 68 heavy (non-hydrogen) atoms. The first-order valence-corrected chi connectivity index (χ1v) is 26.2. The molecule has 1 aromatic carbocycles. The molecule has 8 rings (SSSR count). The molecule has 2 amide bonds. The van der Waals surface area contributed by atoms with Crippen LogP contribution in [0.25, 0.3) is 6.08 Å². The van der Waals surface area contributed by atoms with Gasteiger partial charge in [0.2, 0.25) is 11.8 Å². The number of aliphatic hydroxyl groups excluding tert-OH is 1. The van der Waals surface area contributed by atoms with Gasteiger partial charge in [0.05, 0.1) is 30.9 Å². The molecule has 11 atom stereocenters. The van der Waals surface area contributed by atoms with Crippen LogP contribution in [0.5, 0.6) is 0 Å². The number of nitrogens with one attached hydrogen (secondary N) is 2. The van der Waals surface area contributed by atoms with Gasteiger partial charge in [0.15, 0.2) is 11.8 Å². The van der Waals surface area contributed by atoms with Crippen molar-refractivity contribution in [2.75, 3.05) is 13.2 Å². The summed E-state index contributed by atoms with van der Waals surface area (Å²) in [5, 5.41) is 17.4. The number of hydroxylamine groups is 2. The Hall–Kier alpha value is -3.40. The molecule has 378 valence electrons. The zero-order valence-corrected chi connectivity index (χ0v) is 42.2. The smallest absolute Gasteiger partial charge is 0.327 e. The van der Waals surface area contributed by atoms with Crippen LogP contribution in [0, 0.1) is 22.7 Å². The highest BCUT2D eigenvalue weighted by Gasteiger charge is 2.76. The quantitative estimate of drug-likeness (QED) is 0.0654. The van der Waals surface area contributed by atoms with Gasteiger partial charge in [-0.15, -0.1) is 0 Å². The summed E-state index contributed by atoms with van der Waals surface area (Å²) in [6.45, 7) is 16.6. The molecule has 0 spiro atoms. The van der Waals surface area contributed by atoms with Crippen molar-refractivity contribution in [3.63, 3.8) is 0 Å². The average molecular weight is 948 g/mol. The number of hydrogen-bond donors (Lipinski definition) is 3. The molecular weight excluding hydrogens is 867 g/mol. The molecule has 7 fully saturated rings. The van der Waals surface area contributed by atoms with Gasteiger partial charge in [-0.3, -0.25) is 24.0 Å². The minimum absolute atomic E-state index is 0.0255. The summed E-state index contributed by atoms with van der Waals surface area (Å²) in [5.41, 5.74) is 1.90. The summed E-state index contributed by atoms with van der Waals surface area (Å²) in [4.78, 5) is 61.7. The van der Waals surface area contributed by atoms with Gasteiger partial charge in [0.25, 0.3) is 0 Å². The molecule has 0 aromatic heterocycles. The second-order valence-electron chi connectivity index (χ2n) is 23.2. The van der Waals surface area contributed by atoms with Crippen LogP contribution >= 0.6 is 0 Å². The maximum atomic E-state index is 14.9. The van der Waals surface area contributed by atoms with Crippen molar-refractivity contribution in [2.45, 2.75) is 231 Å². The van der Waals surface area contributed by atoms with E-state index in [0.717, 1.165) is 68.9 Å². The number of aliphatic hydroxyl groups is 1. The fourth-order valence-electron chi connectivity index (χ4n) is 12.7. The van der Waals surface area contributed by atoms with Gasteiger partial charge < -0.3 is 39.4 Å². The Morgan fingerprint density at radius 2 is 1.65 bits per heavy atom. The molecule has 14 heteroatoms. The van der Waals surface area contributed by atoms with Gasteiger partial charge in [-0.1, -0.05) is 89.3 Å². The van der Waals surface area contributed by atoms with Crippen molar-refractivity contribution >= 4 is 29.8 Å². The third-order valence-electron chi connectivity index (χ3n) is 16.4. The van der Waals surface area contributed by atoms with Gasteiger partial charge in [-0.25, -0.2) is 0 Å². The fraction of sp³-hybridized carbons (Fsp3) is 0.778. The van der Waals surface area contributed by atoms with E-state index in [4.69, 9.17) is 28.5 Å². The van der Waals surface area contributed by atoms with Gasteiger partial charge in [-0.05, 0) is 107 Å². The third-order valence-corrected chi connectivity index (χ3v) is 16.4. The number of unbranched alkanes of at least 4 members (excludes halogenated alkanes) is 4.